The molecule has 2 aliphatic rings. The first kappa shape index (κ1) is 19.9. The van der Waals surface area contributed by atoms with Crippen LogP contribution in [0, 0.1) is 11.3 Å². The molecule has 1 saturated carbocycles. The van der Waals surface area contributed by atoms with Crippen LogP contribution < -0.4 is 10.6 Å². The maximum Gasteiger partial charge on any atom is 0.139 e. The van der Waals surface area contributed by atoms with Crippen molar-refractivity contribution in [2.24, 2.45) is 11.3 Å². The summed E-state index contributed by atoms with van der Waals surface area (Å²) >= 11 is 12.1. The zero-order valence-corrected chi connectivity index (χ0v) is 17.8. The van der Waals surface area contributed by atoms with E-state index < -0.39 is 0 Å². The first-order valence-electron chi connectivity index (χ1n) is 10.2. The SMILES string of the molecule is CC12CCCCC1CCNC2Cc1ccc(O)c(Nc2ccc(Cl)c(Cl)c2)c1. The van der Waals surface area contributed by atoms with Gasteiger partial charge >= 0.3 is 0 Å². The Hall–Kier alpha value is -1.42. The minimum Gasteiger partial charge on any atom is -0.506 e. The van der Waals surface area contributed by atoms with E-state index in [2.05, 4.69) is 23.6 Å². The minimum atomic E-state index is 0.230. The summed E-state index contributed by atoms with van der Waals surface area (Å²) in [7, 11) is 0. The van der Waals surface area contributed by atoms with Crippen molar-refractivity contribution in [3.05, 3.63) is 52.0 Å². The molecule has 0 amide bonds. The fraction of sp³-hybridized carbons (Fsp3) is 0.478. The van der Waals surface area contributed by atoms with Gasteiger partial charge < -0.3 is 15.7 Å². The van der Waals surface area contributed by atoms with Crippen molar-refractivity contribution in [1.82, 2.24) is 5.32 Å². The molecule has 2 aromatic rings. The lowest BCUT2D eigenvalue weighted by Gasteiger charge is -2.51. The van der Waals surface area contributed by atoms with E-state index in [1.165, 1.54) is 37.7 Å². The van der Waals surface area contributed by atoms with Crippen molar-refractivity contribution in [1.29, 1.82) is 0 Å². The Morgan fingerprint density at radius 1 is 1.11 bits per heavy atom. The quantitative estimate of drug-likeness (QED) is 0.493. The van der Waals surface area contributed by atoms with Crippen molar-refractivity contribution in [3.8, 4) is 5.75 Å². The van der Waals surface area contributed by atoms with Crippen LogP contribution in [-0.4, -0.2) is 17.7 Å². The molecule has 3 atom stereocenters. The first-order chi connectivity index (χ1) is 13.5. The van der Waals surface area contributed by atoms with Crippen molar-refractivity contribution in [3.63, 3.8) is 0 Å². The highest BCUT2D eigenvalue weighted by Gasteiger charge is 2.44. The number of nitrogens with one attached hydrogen (secondary N) is 2. The Morgan fingerprint density at radius 2 is 1.96 bits per heavy atom. The molecule has 1 aliphatic carbocycles. The van der Waals surface area contributed by atoms with Gasteiger partial charge in [0.15, 0.2) is 0 Å². The van der Waals surface area contributed by atoms with Crippen LogP contribution in [0.3, 0.4) is 0 Å². The van der Waals surface area contributed by atoms with E-state index in [-0.39, 0.29) is 5.75 Å². The van der Waals surface area contributed by atoms with E-state index in [4.69, 9.17) is 23.2 Å². The van der Waals surface area contributed by atoms with E-state index in [1.54, 1.807) is 18.2 Å². The molecular formula is C23H28Cl2N2O. The predicted octanol–water partition coefficient (Wildman–Crippen LogP) is 6.54. The number of hydrogen-bond donors (Lipinski definition) is 3. The highest BCUT2D eigenvalue weighted by Crippen LogP contribution is 2.48. The molecular weight excluding hydrogens is 391 g/mol. The van der Waals surface area contributed by atoms with Crippen molar-refractivity contribution < 1.29 is 5.11 Å². The molecule has 3 nitrogen and oxygen atoms in total. The third kappa shape index (κ3) is 3.98. The highest BCUT2D eigenvalue weighted by molar-refractivity contribution is 6.42. The number of anilines is 2. The van der Waals surface area contributed by atoms with Crippen LogP contribution in [0.25, 0.3) is 0 Å². The summed E-state index contributed by atoms with van der Waals surface area (Å²) in [6.07, 6.45) is 7.67. The van der Waals surface area contributed by atoms with Crippen molar-refractivity contribution >= 4 is 34.6 Å². The number of hydrogen-bond acceptors (Lipinski definition) is 3. The van der Waals surface area contributed by atoms with Crippen molar-refractivity contribution in [2.45, 2.75) is 51.5 Å². The number of benzene rings is 2. The van der Waals surface area contributed by atoms with Gasteiger partial charge in [-0.2, -0.15) is 0 Å². The molecule has 0 spiro atoms. The average molecular weight is 419 g/mol. The first-order valence-corrected chi connectivity index (χ1v) is 11.0. The van der Waals surface area contributed by atoms with Gasteiger partial charge in [0.25, 0.3) is 0 Å². The number of fused-ring (bicyclic) bond motifs is 1. The maximum atomic E-state index is 10.3. The summed E-state index contributed by atoms with van der Waals surface area (Å²) in [6.45, 7) is 3.58. The molecule has 2 aromatic carbocycles. The van der Waals surface area contributed by atoms with Gasteiger partial charge in [-0.05, 0) is 79.5 Å². The molecule has 2 fully saturated rings. The van der Waals surface area contributed by atoms with E-state index in [0.29, 0.717) is 27.2 Å². The molecule has 0 aromatic heterocycles. The van der Waals surface area contributed by atoms with Gasteiger partial charge in [-0.15, -0.1) is 0 Å². The average Bonchev–Trinajstić information content (AvgIpc) is 2.68. The zero-order chi connectivity index (χ0) is 19.7. The lowest BCUT2D eigenvalue weighted by Crippen LogP contribution is -2.55. The Bertz CT molecular complexity index is 854. The Morgan fingerprint density at radius 3 is 2.79 bits per heavy atom. The van der Waals surface area contributed by atoms with E-state index in [0.717, 1.165) is 24.6 Å². The summed E-state index contributed by atoms with van der Waals surface area (Å²) in [5, 5.41) is 18.4. The molecule has 1 saturated heterocycles. The van der Waals surface area contributed by atoms with Gasteiger partial charge in [0, 0.05) is 11.7 Å². The molecule has 1 aliphatic heterocycles. The van der Waals surface area contributed by atoms with Crippen molar-refractivity contribution in [2.75, 3.05) is 11.9 Å². The van der Waals surface area contributed by atoms with E-state index in [9.17, 15) is 5.11 Å². The minimum absolute atomic E-state index is 0.230. The number of rotatable bonds is 4. The van der Waals surface area contributed by atoms with E-state index >= 15 is 0 Å². The molecule has 3 unspecified atom stereocenters. The monoisotopic (exact) mass is 418 g/mol. The zero-order valence-electron chi connectivity index (χ0n) is 16.3. The van der Waals surface area contributed by atoms with Crippen LogP contribution in [0.4, 0.5) is 11.4 Å². The molecule has 5 heteroatoms. The van der Waals surface area contributed by atoms with Gasteiger partial charge in [-0.25, -0.2) is 0 Å². The van der Waals surface area contributed by atoms with Crippen LogP contribution in [0.15, 0.2) is 36.4 Å². The topological polar surface area (TPSA) is 44.3 Å². The second-order valence-electron chi connectivity index (χ2n) is 8.55. The summed E-state index contributed by atoms with van der Waals surface area (Å²) in [4.78, 5) is 0. The smallest absolute Gasteiger partial charge is 0.139 e. The number of piperidine rings is 1. The van der Waals surface area contributed by atoms with Gasteiger partial charge in [0.05, 0.1) is 15.7 Å². The van der Waals surface area contributed by atoms with Crippen LogP contribution in [0.2, 0.25) is 10.0 Å². The number of phenolic OH excluding ortho intramolecular Hbond substituents is 1. The second kappa shape index (κ2) is 8.14. The normalized spacial score (nSPS) is 27.2. The van der Waals surface area contributed by atoms with Crippen LogP contribution in [-0.2, 0) is 6.42 Å². The van der Waals surface area contributed by atoms with Crippen LogP contribution >= 0.6 is 23.2 Å². The maximum absolute atomic E-state index is 10.3. The van der Waals surface area contributed by atoms with Gasteiger partial charge in [0.1, 0.15) is 5.75 Å². The fourth-order valence-electron chi connectivity index (χ4n) is 5.11. The summed E-state index contributed by atoms with van der Waals surface area (Å²) in [5.74, 6) is 1.06. The standard InChI is InChI=1S/C23H28Cl2N2O/c1-23-10-3-2-4-16(23)9-11-26-22(23)13-15-5-8-21(28)20(12-15)27-17-6-7-18(24)19(25)14-17/h5-8,12,14,16,22,26-28H,2-4,9-11,13H2,1H3. The fourth-order valence-corrected chi connectivity index (χ4v) is 5.41. The number of aromatic hydroxyl groups is 1. The summed E-state index contributed by atoms with van der Waals surface area (Å²) < 4.78 is 0. The number of halogens is 2. The van der Waals surface area contributed by atoms with Gasteiger partial charge in [-0.1, -0.05) is 49.0 Å². The molecule has 150 valence electrons. The summed E-state index contributed by atoms with van der Waals surface area (Å²) in [6, 6.07) is 11.7. The van der Waals surface area contributed by atoms with Gasteiger partial charge in [0.2, 0.25) is 0 Å². The highest BCUT2D eigenvalue weighted by atomic mass is 35.5. The Kier molecular flexibility index (Phi) is 5.78. The molecule has 0 radical (unpaired) electrons. The predicted molar refractivity (Wildman–Crippen MR) is 118 cm³/mol. The molecule has 0 bridgehead atoms. The van der Waals surface area contributed by atoms with Gasteiger partial charge in [-0.3, -0.25) is 0 Å². The number of phenols is 1. The lowest BCUT2D eigenvalue weighted by atomic mass is 9.59. The lowest BCUT2D eigenvalue weighted by molar-refractivity contribution is 0.0312. The Balaban J connectivity index is 1.54. The van der Waals surface area contributed by atoms with Crippen LogP contribution in [0.5, 0.6) is 5.75 Å². The second-order valence-corrected chi connectivity index (χ2v) is 9.37. The third-order valence-corrected chi connectivity index (χ3v) is 7.57. The third-order valence-electron chi connectivity index (χ3n) is 6.83. The summed E-state index contributed by atoms with van der Waals surface area (Å²) in [5.41, 5.74) is 3.09. The molecule has 1 heterocycles. The van der Waals surface area contributed by atoms with Crippen LogP contribution in [0.1, 0.15) is 44.6 Å². The molecule has 4 rings (SSSR count). The molecule has 3 N–H and O–H groups in total. The van der Waals surface area contributed by atoms with E-state index in [1.807, 2.05) is 12.1 Å². The molecule has 28 heavy (non-hydrogen) atoms. The largest absolute Gasteiger partial charge is 0.506 e. The Labute approximate surface area is 177 Å².